The summed E-state index contributed by atoms with van der Waals surface area (Å²) >= 11 is 0. The second kappa shape index (κ2) is 18.5. The molecule has 0 spiro atoms. The molecule has 326 valence electrons. The zero-order chi connectivity index (χ0) is 44.2. The first-order valence-electron chi connectivity index (χ1n) is 20.8. The highest BCUT2D eigenvalue weighted by Gasteiger charge is 2.39. The molecule has 0 aliphatic carbocycles. The van der Waals surface area contributed by atoms with Gasteiger partial charge in [0.1, 0.15) is 29.5 Å². The van der Waals surface area contributed by atoms with Crippen molar-refractivity contribution in [3.63, 3.8) is 0 Å². The van der Waals surface area contributed by atoms with Gasteiger partial charge in [-0.25, -0.2) is 28.9 Å². The van der Waals surface area contributed by atoms with Gasteiger partial charge in [-0.2, -0.15) is 0 Å². The number of aromatic amines is 2. The first kappa shape index (κ1) is 42.5. The Morgan fingerprint density at radius 3 is 2.05 bits per heavy atom. The summed E-state index contributed by atoms with van der Waals surface area (Å²) in [5.41, 5.74) is 4.96. The van der Waals surface area contributed by atoms with E-state index in [0.29, 0.717) is 65.7 Å². The summed E-state index contributed by atoms with van der Waals surface area (Å²) in [6, 6.07) is 20.9. The molecule has 63 heavy (non-hydrogen) atoms. The molecule has 0 bridgehead atoms. The van der Waals surface area contributed by atoms with E-state index < -0.39 is 42.2 Å². The van der Waals surface area contributed by atoms with Crippen molar-refractivity contribution in [3.8, 4) is 33.8 Å². The highest BCUT2D eigenvalue weighted by atomic mass is 19.1. The van der Waals surface area contributed by atoms with E-state index in [1.165, 1.54) is 27.4 Å². The lowest BCUT2D eigenvalue weighted by Gasteiger charge is -2.30. The second-order valence-electron chi connectivity index (χ2n) is 15.6. The van der Waals surface area contributed by atoms with Crippen LogP contribution in [0, 0.1) is 5.82 Å². The molecule has 0 radical (unpaired) electrons. The van der Waals surface area contributed by atoms with Crippen molar-refractivity contribution in [1.82, 2.24) is 45.4 Å². The first-order chi connectivity index (χ1) is 30.6. The summed E-state index contributed by atoms with van der Waals surface area (Å²) in [7, 11) is 3.97. The van der Waals surface area contributed by atoms with Gasteiger partial charge in [0.2, 0.25) is 5.91 Å². The van der Waals surface area contributed by atoms with Gasteiger partial charge < -0.3 is 44.6 Å². The van der Waals surface area contributed by atoms with E-state index in [0.717, 1.165) is 35.0 Å². The number of benzene rings is 3. The van der Waals surface area contributed by atoms with E-state index in [2.05, 4.69) is 30.6 Å². The molecule has 2 aliphatic heterocycles. The van der Waals surface area contributed by atoms with Crippen LogP contribution in [0.3, 0.4) is 0 Å². The van der Waals surface area contributed by atoms with Gasteiger partial charge in [0.05, 0.1) is 67.4 Å². The summed E-state index contributed by atoms with van der Waals surface area (Å²) in [6.45, 7) is 2.69. The van der Waals surface area contributed by atoms with Crippen LogP contribution in [-0.4, -0.2) is 105 Å². The lowest BCUT2D eigenvalue weighted by molar-refractivity contribution is -0.137. The van der Waals surface area contributed by atoms with Crippen LogP contribution in [0.15, 0.2) is 91.3 Å². The molecule has 16 nitrogen and oxygen atoms in total. The highest BCUT2D eigenvalue weighted by molar-refractivity contribution is 5.89. The number of hydrogen-bond acceptors (Lipinski definition) is 10. The number of methoxy groups -OCH3 is 3. The average molecular weight is 858 g/mol. The van der Waals surface area contributed by atoms with Gasteiger partial charge in [-0.3, -0.25) is 9.59 Å². The smallest absolute Gasteiger partial charge is 0.407 e. The van der Waals surface area contributed by atoms with Gasteiger partial charge in [0.25, 0.3) is 5.91 Å². The number of hydrogen-bond donors (Lipinski definition) is 4. The minimum Gasteiger partial charge on any atom is -0.453 e. The van der Waals surface area contributed by atoms with Gasteiger partial charge in [0, 0.05) is 42.3 Å². The summed E-state index contributed by atoms with van der Waals surface area (Å²) in [4.78, 5) is 76.0. The van der Waals surface area contributed by atoms with Crippen molar-refractivity contribution in [2.24, 2.45) is 0 Å². The minimum atomic E-state index is -0.952. The number of nitrogens with zero attached hydrogens (tertiary/aromatic N) is 5. The van der Waals surface area contributed by atoms with Gasteiger partial charge in [-0.15, -0.1) is 0 Å². The van der Waals surface area contributed by atoms with Crippen molar-refractivity contribution in [2.45, 2.75) is 62.9 Å². The molecule has 4 N–H and O–H groups in total. The van der Waals surface area contributed by atoms with E-state index in [9.17, 15) is 19.2 Å². The Bertz CT molecular complexity index is 2640. The molecule has 6 aromatic rings. The lowest BCUT2D eigenvalue weighted by Crippen LogP contribution is -2.54. The van der Waals surface area contributed by atoms with Gasteiger partial charge in [0.15, 0.2) is 0 Å². The third kappa shape index (κ3) is 8.82. The van der Waals surface area contributed by atoms with Crippen molar-refractivity contribution >= 4 is 34.9 Å². The van der Waals surface area contributed by atoms with Crippen LogP contribution in [0.25, 0.3) is 44.7 Å². The maximum Gasteiger partial charge on any atom is 0.407 e. The predicted molar refractivity (Wildman–Crippen MR) is 230 cm³/mol. The van der Waals surface area contributed by atoms with E-state index in [4.69, 9.17) is 19.2 Å². The fourth-order valence-corrected chi connectivity index (χ4v) is 8.43. The summed E-state index contributed by atoms with van der Waals surface area (Å²) in [5.74, 6) is 0.127. The molecule has 5 atom stereocenters. The van der Waals surface area contributed by atoms with Gasteiger partial charge in [-0.05, 0) is 68.5 Å². The molecule has 3 aromatic carbocycles. The molecular formula is C46H48FN9O7. The number of aromatic nitrogens is 5. The standard InChI is InChI=1S/C46H48FN9O7/c1-26(61-2)39(53-45(59)62-3)43(57)55-20-8-12-37(55)41-48-24-35(51-41)29-16-19-33-28(22-29)15-18-34(50-33)30-14-17-31(32(47)23-30)36-25-49-42(52-36)38-13-9-21-56(38)44(58)40(54-46(60)63-4)27-10-6-5-7-11-27/h5-7,10-11,14-19,22-26,37-40H,8-9,12-13,20-21H2,1-4H3,(H,48,51)(H,49,52)(H,53,59)(H,54,60). The minimum absolute atomic E-state index is 0.278. The molecule has 2 fully saturated rings. The number of alkyl carbamates (subject to hydrolysis) is 2. The van der Waals surface area contributed by atoms with Crippen molar-refractivity contribution in [1.29, 1.82) is 0 Å². The molecule has 4 amide bonds. The van der Waals surface area contributed by atoms with E-state index >= 15 is 4.39 Å². The third-order valence-corrected chi connectivity index (χ3v) is 11.8. The second-order valence-corrected chi connectivity index (χ2v) is 15.6. The van der Waals surface area contributed by atoms with Crippen molar-refractivity contribution in [3.05, 3.63) is 114 Å². The molecular weight excluding hydrogens is 810 g/mol. The molecule has 5 heterocycles. The Kier molecular flexibility index (Phi) is 12.5. The Balaban J connectivity index is 0.960. The number of imidazole rings is 2. The maximum absolute atomic E-state index is 15.9. The molecule has 3 aromatic heterocycles. The van der Waals surface area contributed by atoms with Crippen molar-refractivity contribution < 1.29 is 37.8 Å². The van der Waals surface area contributed by atoms with Crippen LogP contribution in [0.4, 0.5) is 14.0 Å². The van der Waals surface area contributed by atoms with Gasteiger partial charge in [-0.1, -0.05) is 48.5 Å². The number of carbonyl (C=O) groups excluding carboxylic acids is 4. The number of likely N-dealkylation sites (tertiary alicyclic amines) is 2. The predicted octanol–water partition coefficient (Wildman–Crippen LogP) is 7.00. The maximum atomic E-state index is 15.9. The Labute approximate surface area is 362 Å². The van der Waals surface area contributed by atoms with Crippen molar-refractivity contribution in [2.75, 3.05) is 34.4 Å². The molecule has 0 saturated carbocycles. The van der Waals surface area contributed by atoms with Crippen LogP contribution >= 0.6 is 0 Å². The number of fused-ring (bicyclic) bond motifs is 1. The molecule has 17 heteroatoms. The molecule has 5 unspecified atom stereocenters. The normalized spacial score (nSPS) is 17.6. The fourth-order valence-electron chi connectivity index (χ4n) is 8.43. The number of rotatable bonds is 12. The van der Waals surface area contributed by atoms with Crippen LogP contribution in [-0.2, 0) is 23.8 Å². The zero-order valence-corrected chi connectivity index (χ0v) is 35.3. The summed E-state index contributed by atoms with van der Waals surface area (Å²) < 4.78 is 30.9. The largest absolute Gasteiger partial charge is 0.453 e. The quantitative estimate of drug-likeness (QED) is 0.0994. The first-order valence-corrected chi connectivity index (χ1v) is 20.8. The van der Waals surface area contributed by atoms with Crippen LogP contribution in [0.5, 0.6) is 0 Å². The Hall–Kier alpha value is -7.14. The average Bonchev–Trinajstić information content (AvgIpc) is 4.17. The number of H-pyrrole nitrogens is 2. The highest BCUT2D eigenvalue weighted by Crippen LogP contribution is 2.36. The molecule has 8 rings (SSSR count). The number of nitrogens with one attached hydrogen (secondary N) is 4. The Morgan fingerprint density at radius 2 is 1.38 bits per heavy atom. The van der Waals surface area contributed by atoms with E-state index in [1.54, 1.807) is 59.4 Å². The zero-order valence-electron chi connectivity index (χ0n) is 35.3. The van der Waals surface area contributed by atoms with E-state index in [-0.39, 0.29) is 17.9 Å². The lowest BCUT2D eigenvalue weighted by atomic mass is 10.0. The number of amides is 4. The fraction of sp³-hybridized carbons (Fsp3) is 0.326. The third-order valence-electron chi connectivity index (χ3n) is 11.8. The number of halogens is 1. The monoisotopic (exact) mass is 857 g/mol. The summed E-state index contributed by atoms with van der Waals surface area (Å²) in [6.07, 6.45) is 4.15. The molecule has 2 aliphatic rings. The van der Waals surface area contributed by atoms with Crippen LogP contribution in [0.2, 0.25) is 0 Å². The Morgan fingerprint density at radius 1 is 0.746 bits per heavy atom. The molecule has 2 saturated heterocycles. The van der Waals surface area contributed by atoms with E-state index in [1.807, 2.05) is 42.5 Å². The summed E-state index contributed by atoms with van der Waals surface area (Å²) in [5, 5.41) is 6.14. The number of carbonyl (C=O) groups is 4. The van der Waals surface area contributed by atoms with Gasteiger partial charge >= 0.3 is 12.2 Å². The SMILES string of the molecule is COC(=O)NC(C(=O)N1CCCC1c1ncc(-c2ccc(-c3ccc4cc(-c5cnc(C6CCCN6C(=O)C(NC(=O)OC)C(C)OC)[nH]5)ccc4n3)cc2F)[nH]1)c1ccccc1. The number of ether oxygens (including phenoxy) is 3. The number of pyridine rings is 1. The van der Waals surface area contributed by atoms with Crippen LogP contribution < -0.4 is 10.6 Å². The van der Waals surface area contributed by atoms with Crippen LogP contribution in [0.1, 0.15) is 67.9 Å². The topological polar surface area (TPSA) is 197 Å².